The Hall–Kier alpha value is -1.10. The summed E-state index contributed by atoms with van der Waals surface area (Å²) >= 11 is 0. The smallest absolute Gasteiger partial charge is 0.119 e. The van der Waals surface area contributed by atoms with Crippen molar-refractivity contribution in [1.82, 2.24) is 0 Å². The number of fused-ring (bicyclic) bond motifs is 1. The van der Waals surface area contributed by atoms with Gasteiger partial charge in [-0.3, -0.25) is 0 Å². The van der Waals surface area contributed by atoms with Crippen molar-refractivity contribution in [2.45, 2.75) is 31.5 Å². The minimum absolute atomic E-state index is 0.197. The zero-order valence-corrected chi connectivity index (χ0v) is 10.6. The van der Waals surface area contributed by atoms with E-state index in [2.05, 4.69) is 0 Å². The second kappa shape index (κ2) is 6.18. The molecule has 1 aliphatic carbocycles. The van der Waals surface area contributed by atoms with E-state index in [0.29, 0.717) is 5.75 Å². The van der Waals surface area contributed by atoms with Crippen molar-refractivity contribution in [3.8, 4) is 5.75 Å². The molecule has 1 unspecified atom stereocenters. The number of rotatable bonds is 5. The average Bonchev–Trinajstić information content (AvgIpc) is 2.37. The molecule has 0 spiro atoms. The number of hydrogen-bond donors (Lipinski definition) is 2. The van der Waals surface area contributed by atoms with Gasteiger partial charge in [-0.15, -0.1) is 0 Å². The molecular weight excluding hydrogens is 232 g/mol. The van der Waals surface area contributed by atoms with Crippen LogP contribution in [0.15, 0.2) is 18.2 Å². The topological polar surface area (TPSA) is 58.9 Å². The molecule has 2 N–H and O–H groups in total. The van der Waals surface area contributed by atoms with Crippen molar-refractivity contribution in [2.24, 2.45) is 0 Å². The van der Waals surface area contributed by atoms with E-state index in [1.54, 1.807) is 7.11 Å². The Morgan fingerprint density at radius 1 is 1.39 bits per heavy atom. The summed E-state index contributed by atoms with van der Waals surface area (Å²) in [4.78, 5) is 0. The van der Waals surface area contributed by atoms with Crippen molar-refractivity contribution in [2.75, 3.05) is 20.3 Å². The Labute approximate surface area is 107 Å². The standard InChI is InChI=1S/C14H20O4/c1-17-8-11(15)9-18-12-6-5-10-3-2-4-14(16)13(10)7-12/h5-7,11,14-16H,2-4,8-9H2,1H3/t11?,14-/m1/s1. The van der Waals surface area contributed by atoms with Crippen molar-refractivity contribution in [1.29, 1.82) is 0 Å². The molecule has 0 saturated carbocycles. The Kier molecular flexibility index (Phi) is 4.58. The van der Waals surface area contributed by atoms with Gasteiger partial charge in [0.05, 0.1) is 12.7 Å². The number of aryl methyl sites for hydroxylation is 1. The number of methoxy groups -OCH3 is 1. The van der Waals surface area contributed by atoms with E-state index in [1.807, 2.05) is 18.2 Å². The third-order valence-electron chi connectivity index (χ3n) is 3.20. The van der Waals surface area contributed by atoms with Gasteiger partial charge in [-0.05, 0) is 42.5 Å². The van der Waals surface area contributed by atoms with E-state index in [1.165, 1.54) is 5.56 Å². The molecular formula is C14H20O4. The lowest BCUT2D eigenvalue weighted by Crippen LogP contribution is -2.22. The molecule has 0 saturated heterocycles. The van der Waals surface area contributed by atoms with E-state index in [4.69, 9.17) is 9.47 Å². The molecule has 1 aromatic rings. The van der Waals surface area contributed by atoms with Crippen LogP contribution >= 0.6 is 0 Å². The monoisotopic (exact) mass is 252 g/mol. The highest BCUT2D eigenvalue weighted by molar-refractivity contribution is 5.38. The lowest BCUT2D eigenvalue weighted by atomic mass is 9.89. The lowest BCUT2D eigenvalue weighted by molar-refractivity contribution is 0.0324. The van der Waals surface area contributed by atoms with E-state index in [9.17, 15) is 10.2 Å². The highest BCUT2D eigenvalue weighted by Gasteiger charge is 2.18. The first-order chi connectivity index (χ1) is 8.70. The van der Waals surface area contributed by atoms with Crippen molar-refractivity contribution in [3.63, 3.8) is 0 Å². The summed E-state index contributed by atoms with van der Waals surface area (Å²) in [7, 11) is 1.54. The molecule has 0 bridgehead atoms. The van der Waals surface area contributed by atoms with Crippen LogP contribution in [0.2, 0.25) is 0 Å². The number of hydrogen-bond acceptors (Lipinski definition) is 4. The van der Waals surface area contributed by atoms with E-state index < -0.39 is 6.10 Å². The Bertz CT molecular complexity index is 391. The fraction of sp³-hybridized carbons (Fsp3) is 0.571. The van der Waals surface area contributed by atoms with Gasteiger partial charge in [0.1, 0.15) is 18.5 Å². The van der Waals surface area contributed by atoms with Gasteiger partial charge in [0.25, 0.3) is 0 Å². The van der Waals surface area contributed by atoms with Gasteiger partial charge in [-0.1, -0.05) is 6.07 Å². The maximum absolute atomic E-state index is 9.92. The predicted molar refractivity (Wildman–Crippen MR) is 67.7 cm³/mol. The Balaban J connectivity index is 2.00. The van der Waals surface area contributed by atoms with Crippen LogP contribution in [-0.4, -0.2) is 36.6 Å². The zero-order valence-electron chi connectivity index (χ0n) is 10.6. The largest absolute Gasteiger partial charge is 0.491 e. The second-order valence-electron chi connectivity index (χ2n) is 4.69. The molecule has 0 aliphatic heterocycles. The zero-order chi connectivity index (χ0) is 13.0. The maximum atomic E-state index is 9.92. The summed E-state index contributed by atoms with van der Waals surface area (Å²) in [6, 6.07) is 5.75. The molecule has 0 radical (unpaired) electrons. The van der Waals surface area contributed by atoms with Crippen LogP contribution in [0.1, 0.15) is 30.1 Å². The highest BCUT2D eigenvalue weighted by Crippen LogP contribution is 2.32. The van der Waals surface area contributed by atoms with Crippen LogP contribution in [-0.2, 0) is 11.2 Å². The van der Waals surface area contributed by atoms with Crippen LogP contribution in [0, 0.1) is 0 Å². The average molecular weight is 252 g/mol. The summed E-state index contributed by atoms with van der Waals surface area (Å²) in [6.07, 6.45) is 1.83. The number of ether oxygens (including phenoxy) is 2. The van der Waals surface area contributed by atoms with Crippen LogP contribution in [0.4, 0.5) is 0 Å². The fourth-order valence-electron chi connectivity index (χ4n) is 2.27. The van der Waals surface area contributed by atoms with Crippen LogP contribution < -0.4 is 4.74 Å². The molecule has 0 amide bonds. The van der Waals surface area contributed by atoms with Crippen molar-refractivity contribution < 1.29 is 19.7 Å². The predicted octanol–water partition coefficient (Wildman–Crippen LogP) is 1.44. The molecule has 0 fully saturated rings. The molecule has 18 heavy (non-hydrogen) atoms. The summed E-state index contributed by atoms with van der Waals surface area (Å²) in [6.45, 7) is 0.455. The number of aliphatic hydroxyl groups is 2. The molecule has 100 valence electrons. The van der Waals surface area contributed by atoms with E-state index in [0.717, 1.165) is 24.8 Å². The molecule has 0 aromatic heterocycles. The summed E-state index contributed by atoms with van der Waals surface area (Å²) in [5.74, 6) is 0.685. The quantitative estimate of drug-likeness (QED) is 0.832. The maximum Gasteiger partial charge on any atom is 0.119 e. The summed E-state index contributed by atoms with van der Waals surface area (Å²) < 4.78 is 10.3. The minimum atomic E-state index is -0.629. The molecule has 1 aliphatic rings. The number of benzene rings is 1. The minimum Gasteiger partial charge on any atom is -0.491 e. The van der Waals surface area contributed by atoms with Gasteiger partial charge in [0.15, 0.2) is 0 Å². The first-order valence-electron chi connectivity index (χ1n) is 6.31. The van der Waals surface area contributed by atoms with Crippen molar-refractivity contribution >= 4 is 0 Å². The second-order valence-corrected chi connectivity index (χ2v) is 4.69. The van der Waals surface area contributed by atoms with E-state index in [-0.39, 0.29) is 19.3 Å². The molecule has 0 heterocycles. The Morgan fingerprint density at radius 3 is 3.00 bits per heavy atom. The van der Waals surface area contributed by atoms with E-state index >= 15 is 0 Å². The fourth-order valence-corrected chi connectivity index (χ4v) is 2.27. The molecule has 2 atom stereocenters. The number of aliphatic hydroxyl groups excluding tert-OH is 2. The van der Waals surface area contributed by atoms with Gasteiger partial charge in [-0.2, -0.15) is 0 Å². The van der Waals surface area contributed by atoms with Gasteiger partial charge in [0.2, 0.25) is 0 Å². The molecule has 4 heteroatoms. The van der Waals surface area contributed by atoms with Crippen molar-refractivity contribution in [3.05, 3.63) is 29.3 Å². The van der Waals surface area contributed by atoms with Gasteiger partial charge in [0, 0.05) is 7.11 Å². The third-order valence-corrected chi connectivity index (χ3v) is 3.20. The first kappa shape index (κ1) is 13.3. The summed E-state index contributed by atoms with van der Waals surface area (Å²) in [5, 5.41) is 19.4. The SMILES string of the molecule is COCC(O)COc1ccc2c(c1)[C@H](O)CCC2. The van der Waals surface area contributed by atoms with Gasteiger partial charge < -0.3 is 19.7 Å². The normalized spacial score (nSPS) is 20.3. The first-order valence-corrected chi connectivity index (χ1v) is 6.31. The van der Waals surface area contributed by atoms with Crippen LogP contribution in [0.25, 0.3) is 0 Å². The highest BCUT2D eigenvalue weighted by atomic mass is 16.5. The summed E-state index contributed by atoms with van der Waals surface area (Å²) in [5.41, 5.74) is 2.15. The molecule has 4 nitrogen and oxygen atoms in total. The van der Waals surface area contributed by atoms with Gasteiger partial charge >= 0.3 is 0 Å². The lowest BCUT2D eigenvalue weighted by Gasteiger charge is -2.22. The van der Waals surface area contributed by atoms with Crippen LogP contribution in [0.3, 0.4) is 0 Å². The van der Waals surface area contributed by atoms with Gasteiger partial charge in [-0.25, -0.2) is 0 Å². The Morgan fingerprint density at radius 2 is 2.22 bits per heavy atom. The third kappa shape index (κ3) is 3.22. The molecule has 2 rings (SSSR count). The van der Waals surface area contributed by atoms with Crippen LogP contribution in [0.5, 0.6) is 5.75 Å². The molecule has 1 aromatic carbocycles.